The number of unbranched alkanes of at least 4 members (excludes halogenated alkanes) is 1. The van der Waals surface area contributed by atoms with Crippen LogP contribution in [-0.2, 0) is 51.8 Å². The predicted molar refractivity (Wildman–Crippen MR) is 300 cm³/mol. The van der Waals surface area contributed by atoms with E-state index in [-0.39, 0.29) is 119 Å². The number of likely N-dealkylation sites (N-methyl/N-ethyl adjacent to an activating group) is 2. The highest BCUT2D eigenvalue weighted by Gasteiger charge is 2.39. The topological polar surface area (TPSA) is 228 Å². The van der Waals surface area contributed by atoms with Crippen molar-refractivity contribution in [2.75, 3.05) is 121 Å². The number of benzene rings is 4. The maximum Gasteiger partial charge on any atom is 0.314 e. The van der Waals surface area contributed by atoms with Gasteiger partial charge in [-0.15, -0.1) is 0 Å². The minimum absolute atomic E-state index is 0.00938. The third-order valence-corrected chi connectivity index (χ3v) is 17.2. The number of nitrogens with one attached hydrogen (secondary N) is 5. The van der Waals surface area contributed by atoms with Gasteiger partial charge in [-0.3, -0.25) is 0 Å². The van der Waals surface area contributed by atoms with E-state index in [1.54, 1.807) is 36.4 Å². The molecule has 0 spiro atoms. The van der Waals surface area contributed by atoms with Gasteiger partial charge < -0.3 is 59.5 Å². The van der Waals surface area contributed by atoms with E-state index in [1.807, 2.05) is 40.3 Å². The van der Waals surface area contributed by atoms with Crippen molar-refractivity contribution in [3.05, 3.63) is 115 Å². The minimum atomic E-state index is -3.85. The van der Waals surface area contributed by atoms with Crippen molar-refractivity contribution in [3.63, 3.8) is 0 Å². The number of hydrogen-bond donors (Lipinski definition) is 5. The van der Waals surface area contributed by atoms with Gasteiger partial charge in [-0.2, -0.15) is 4.31 Å². The van der Waals surface area contributed by atoms with E-state index in [1.165, 1.54) is 31.3 Å². The van der Waals surface area contributed by atoms with Crippen molar-refractivity contribution in [2.45, 2.75) is 59.8 Å². The summed E-state index contributed by atoms with van der Waals surface area (Å²) in [7, 11) is 1.66. The Labute approximate surface area is 478 Å². The van der Waals surface area contributed by atoms with Gasteiger partial charge in [0, 0.05) is 71.0 Å². The lowest BCUT2D eigenvalue weighted by Gasteiger charge is -2.27. The van der Waals surface area contributed by atoms with E-state index < -0.39 is 20.0 Å². The minimum Gasteiger partial charge on any atom is -0.484 e. The average molecular weight is 1210 g/mol. The third-order valence-electron chi connectivity index (χ3n) is 12.8. The number of nitrogens with zero attached hydrogens (tertiary/aromatic N) is 3. The highest BCUT2D eigenvalue weighted by molar-refractivity contribution is 7.89. The number of rotatable bonds is 32. The largest absolute Gasteiger partial charge is 0.484 e. The number of urea groups is 2. The molecule has 26 heteroatoms. The van der Waals surface area contributed by atoms with Crippen molar-refractivity contribution < 1.29 is 54.8 Å². The summed E-state index contributed by atoms with van der Waals surface area (Å²) < 4.78 is 90.6. The van der Waals surface area contributed by atoms with Crippen LogP contribution in [0.15, 0.2) is 82.6 Å². The van der Waals surface area contributed by atoms with Crippen LogP contribution in [0, 0.1) is 0 Å². The summed E-state index contributed by atoms with van der Waals surface area (Å²) in [6, 6.07) is 19.0. The van der Waals surface area contributed by atoms with E-state index in [4.69, 9.17) is 74.8 Å². The molecule has 430 valence electrons. The molecule has 0 bridgehead atoms. The first-order valence-corrected chi connectivity index (χ1v) is 29.8. The van der Waals surface area contributed by atoms with Gasteiger partial charge in [0.25, 0.3) is 0 Å². The van der Waals surface area contributed by atoms with Gasteiger partial charge in [-0.25, -0.2) is 31.1 Å². The molecular formula is C52H70Cl4N8O12S2. The summed E-state index contributed by atoms with van der Waals surface area (Å²) in [6.45, 7) is 2.66. The SMILES string of the molecule is CN(C)[C@H]1Cc2c(Cl)cc(Cl)cc2[C@@H]1Oc1ccc(S(=O)(=O)NCCOCCOCCNC(=O)NCCCCNC(=O)NCCOCCOCN(C)S(=O)(=O)c2ccc(O[C@H]3c4cc(Cl)cc(Cl)c4C[C@@H]3N(C)C)cc2)cc1. The molecule has 4 aromatic rings. The van der Waals surface area contributed by atoms with Crippen LogP contribution in [0.2, 0.25) is 20.1 Å². The first kappa shape index (κ1) is 62.9. The van der Waals surface area contributed by atoms with Crippen LogP contribution in [0.25, 0.3) is 0 Å². The van der Waals surface area contributed by atoms with Crippen molar-refractivity contribution >= 4 is 78.5 Å². The van der Waals surface area contributed by atoms with Crippen LogP contribution in [0.4, 0.5) is 9.59 Å². The van der Waals surface area contributed by atoms with Gasteiger partial charge in [0.1, 0.15) is 30.4 Å². The monoisotopic (exact) mass is 1200 g/mol. The maximum absolute atomic E-state index is 13.2. The molecule has 0 unspecified atom stereocenters. The second-order valence-corrected chi connectivity index (χ2v) is 24.3. The fourth-order valence-electron chi connectivity index (χ4n) is 8.67. The Bertz CT molecular complexity index is 2820. The van der Waals surface area contributed by atoms with E-state index in [0.29, 0.717) is 70.4 Å². The van der Waals surface area contributed by atoms with Crippen LogP contribution in [0.3, 0.4) is 0 Å². The molecule has 2 aliphatic rings. The molecule has 4 aromatic carbocycles. The predicted octanol–water partition coefficient (Wildman–Crippen LogP) is 6.51. The molecule has 78 heavy (non-hydrogen) atoms. The summed E-state index contributed by atoms with van der Waals surface area (Å²) >= 11 is 25.6. The smallest absolute Gasteiger partial charge is 0.314 e. The molecule has 0 aromatic heterocycles. The quantitative estimate of drug-likeness (QED) is 0.0260. The van der Waals surface area contributed by atoms with Crippen LogP contribution < -0.4 is 35.5 Å². The molecule has 2 aliphatic carbocycles. The molecule has 0 aliphatic heterocycles. The average Bonchev–Trinajstić information content (AvgIpc) is 4.10. The molecule has 0 saturated carbocycles. The second kappa shape index (κ2) is 30.5. The van der Waals surface area contributed by atoms with E-state index >= 15 is 0 Å². The maximum atomic E-state index is 13.2. The zero-order valence-electron chi connectivity index (χ0n) is 44.3. The molecule has 0 heterocycles. The lowest BCUT2D eigenvalue weighted by molar-refractivity contribution is 0.0249. The molecule has 4 atom stereocenters. The number of halogens is 4. The molecular weight excluding hydrogens is 1130 g/mol. The van der Waals surface area contributed by atoms with Crippen molar-refractivity contribution in [1.29, 1.82) is 0 Å². The summed E-state index contributed by atoms with van der Waals surface area (Å²) in [6.07, 6.45) is 1.98. The lowest BCUT2D eigenvalue weighted by atomic mass is 10.1. The summed E-state index contributed by atoms with van der Waals surface area (Å²) in [4.78, 5) is 28.6. The summed E-state index contributed by atoms with van der Waals surface area (Å²) in [5.74, 6) is 1.02. The Morgan fingerprint density at radius 3 is 1.36 bits per heavy atom. The number of ether oxygens (including phenoxy) is 6. The zero-order chi connectivity index (χ0) is 56.4. The molecule has 6 rings (SSSR count). The molecule has 4 amide bonds. The lowest BCUT2D eigenvalue weighted by Crippen LogP contribution is -2.39. The number of carbonyl (C=O) groups is 2. The Kier molecular flexibility index (Phi) is 24.6. The normalized spacial score (nSPS) is 17.1. The highest BCUT2D eigenvalue weighted by Crippen LogP contribution is 2.44. The zero-order valence-corrected chi connectivity index (χ0v) is 49.0. The van der Waals surface area contributed by atoms with Crippen molar-refractivity contribution in [3.8, 4) is 11.5 Å². The third kappa shape index (κ3) is 18.4. The summed E-state index contributed by atoms with van der Waals surface area (Å²) in [5, 5.41) is 13.1. The van der Waals surface area contributed by atoms with Gasteiger partial charge in [0.2, 0.25) is 20.0 Å². The first-order chi connectivity index (χ1) is 37.2. The van der Waals surface area contributed by atoms with Crippen molar-refractivity contribution in [2.24, 2.45) is 0 Å². The molecule has 5 N–H and O–H groups in total. The molecule has 0 radical (unpaired) electrons. The second-order valence-electron chi connectivity index (χ2n) is 18.8. The Hall–Kier alpha value is -4.24. The number of carbonyl (C=O) groups excluding carboxylic acids is 2. The Morgan fingerprint density at radius 1 is 0.526 bits per heavy atom. The number of hydrogen-bond acceptors (Lipinski definition) is 14. The van der Waals surface area contributed by atoms with Crippen molar-refractivity contribution in [1.82, 2.24) is 40.1 Å². The Morgan fingerprint density at radius 2 is 0.923 bits per heavy atom. The van der Waals surface area contributed by atoms with Gasteiger partial charge in [-0.05, 0) is 138 Å². The number of sulfonamides is 2. The number of amides is 4. The van der Waals surface area contributed by atoms with Crippen LogP contribution in [0.1, 0.15) is 47.3 Å². The van der Waals surface area contributed by atoms with E-state index in [0.717, 1.165) is 26.6 Å². The van der Waals surface area contributed by atoms with Crippen LogP contribution in [0.5, 0.6) is 11.5 Å². The van der Waals surface area contributed by atoms with E-state index in [2.05, 4.69) is 35.8 Å². The molecule has 20 nitrogen and oxygen atoms in total. The van der Waals surface area contributed by atoms with Gasteiger partial charge in [0.05, 0.1) is 68.1 Å². The molecule has 0 saturated heterocycles. The first-order valence-electron chi connectivity index (χ1n) is 25.4. The summed E-state index contributed by atoms with van der Waals surface area (Å²) in [5.41, 5.74) is 3.79. The van der Waals surface area contributed by atoms with E-state index in [9.17, 15) is 26.4 Å². The highest BCUT2D eigenvalue weighted by atomic mass is 35.5. The van der Waals surface area contributed by atoms with Gasteiger partial charge in [-0.1, -0.05) is 46.4 Å². The van der Waals surface area contributed by atoms with Gasteiger partial charge in [0.15, 0.2) is 0 Å². The van der Waals surface area contributed by atoms with Crippen LogP contribution >= 0.6 is 46.4 Å². The fourth-order valence-corrected chi connectivity index (χ4v) is 11.9. The van der Waals surface area contributed by atoms with Gasteiger partial charge >= 0.3 is 12.1 Å². The molecule has 0 fully saturated rings. The van der Waals surface area contributed by atoms with Crippen LogP contribution in [-0.4, -0.2) is 176 Å². The number of fused-ring (bicyclic) bond motifs is 2. The Balaban J connectivity index is 0.710. The fraction of sp³-hybridized carbons (Fsp3) is 0.500. The standard InChI is InChI=1S/C52H70Cl4N8O12S2/c1-62(2)47-32-41-43(28-35(53)30-45(41)55)49(47)75-37-8-12-39(13-9-37)77(67,68)61-20-23-73-25-24-71-21-18-59-51(65)57-16-6-7-17-58-52(66)60-19-22-72-26-27-74-34-64(5)78(69,70)40-14-10-38(11-15-40)76-50-44-29-36(54)31-46(56)42(44)33-48(50)63(3)4/h8-15,28-31,47-50,61H,6-7,16-27,32-34H2,1-5H3,(H2,57,59,65)(H2,58,60,66)/t47-,48-,49-,50-/m0/s1.